The first-order valence-electron chi connectivity index (χ1n) is 7.90. The van der Waals surface area contributed by atoms with Gasteiger partial charge in [-0.2, -0.15) is 4.98 Å². The molecule has 4 atom stereocenters. The zero-order valence-corrected chi connectivity index (χ0v) is 13.9. The highest BCUT2D eigenvalue weighted by atomic mass is 19.1. The van der Waals surface area contributed by atoms with Crippen LogP contribution in [0.15, 0.2) is 47.4 Å². The molecule has 26 heavy (non-hydrogen) atoms. The van der Waals surface area contributed by atoms with Crippen LogP contribution in [-0.4, -0.2) is 45.1 Å². The molecule has 1 aliphatic rings. The van der Waals surface area contributed by atoms with Crippen molar-refractivity contribution in [2.45, 2.75) is 31.0 Å². The van der Waals surface area contributed by atoms with Crippen molar-refractivity contribution in [2.75, 3.05) is 12.3 Å². The Balaban J connectivity index is 1.90. The van der Waals surface area contributed by atoms with E-state index >= 15 is 4.39 Å². The van der Waals surface area contributed by atoms with E-state index in [9.17, 15) is 14.7 Å². The average molecular weight is 363 g/mol. The van der Waals surface area contributed by atoms with Gasteiger partial charge >= 0.3 is 11.7 Å². The second-order valence-electron chi connectivity index (χ2n) is 6.09. The van der Waals surface area contributed by atoms with E-state index in [0.717, 1.165) is 11.5 Å². The van der Waals surface area contributed by atoms with E-state index in [4.69, 9.17) is 15.2 Å². The molecule has 8 nitrogen and oxygen atoms in total. The maximum Gasteiger partial charge on any atom is 0.351 e. The summed E-state index contributed by atoms with van der Waals surface area (Å²) in [6.07, 6.45) is -2.76. The van der Waals surface area contributed by atoms with E-state index in [0.29, 0.717) is 0 Å². The van der Waals surface area contributed by atoms with Crippen LogP contribution >= 0.6 is 0 Å². The topological polar surface area (TPSA) is 117 Å². The second-order valence-corrected chi connectivity index (χ2v) is 6.09. The highest BCUT2D eigenvalue weighted by molar-refractivity contribution is 5.89. The van der Waals surface area contributed by atoms with Gasteiger partial charge in [0.1, 0.15) is 11.9 Å². The lowest BCUT2D eigenvalue weighted by molar-refractivity contribution is -0.0611. The summed E-state index contributed by atoms with van der Waals surface area (Å²) >= 11 is 0. The van der Waals surface area contributed by atoms with Crippen molar-refractivity contribution in [3.05, 3.63) is 58.6 Å². The van der Waals surface area contributed by atoms with Gasteiger partial charge in [0, 0.05) is 6.20 Å². The number of benzene rings is 1. The zero-order valence-electron chi connectivity index (χ0n) is 13.9. The number of hydrogen-bond donors (Lipinski definition) is 2. The standard InChI is InChI=1S/C17H18FN3O5/c1-17(18)13(26-14(23)10-5-3-2-4-6-10)11(9-22)25-15(17)21-8-7-12(19)20-16(21)24/h2-8,11,13,15,22H,9H2,1H3,(H2,19,20,24)/t11-,13+,15-,17?/m1/s1. The Bertz CT molecular complexity index is 855. The number of alkyl halides is 1. The molecule has 0 bridgehead atoms. The van der Waals surface area contributed by atoms with Crippen LogP contribution < -0.4 is 11.4 Å². The van der Waals surface area contributed by atoms with Gasteiger partial charge < -0.3 is 20.3 Å². The summed E-state index contributed by atoms with van der Waals surface area (Å²) in [6, 6.07) is 9.37. The van der Waals surface area contributed by atoms with Crippen LogP contribution in [-0.2, 0) is 9.47 Å². The summed E-state index contributed by atoms with van der Waals surface area (Å²) in [7, 11) is 0. The number of halogens is 1. The monoisotopic (exact) mass is 363 g/mol. The van der Waals surface area contributed by atoms with Crippen molar-refractivity contribution < 1.29 is 23.8 Å². The predicted molar refractivity (Wildman–Crippen MR) is 89.1 cm³/mol. The van der Waals surface area contributed by atoms with Gasteiger partial charge in [-0.25, -0.2) is 14.0 Å². The Morgan fingerprint density at radius 2 is 2.12 bits per heavy atom. The Hall–Kier alpha value is -2.78. The lowest BCUT2D eigenvalue weighted by atomic mass is 9.98. The number of nitrogens with zero attached hydrogens (tertiary/aromatic N) is 2. The summed E-state index contributed by atoms with van der Waals surface area (Å²) in [4.78, 5) is 27.8. The third-order valence-electron chi connectivity index (χ3n) is 4.21. The minimum atomic E-state index is -2.29. The fraction of sp³-hybridized carbons (Fsp3) is 0.353. The summed E-state index contributed by atoms with van der Waals surface area (Å²) in [6.45, 7) is 0.541. The molecule has 0 spiro atoms. The molecule has 1 aromatic carbocycles. The minimum absolute atomic E-state index is 0.0180. The van der Waals surface area contributed by atoms with E-state index in [-0.39, 0.29) is 11.4 Å². The number of carbonyl (C=O) groups is 1. The predicted octanol–water partition coefficient (Wildman–Crippen LogP) is 0.669. The van der Waals surface area contributed by atoms with E-state index in [1.807, 2.05) is 0 Å². The first-order chi connectivity index (χ1) is 12.3. The van der Waals surface area contributed by atoms with Crippen LogP contribution in [0.4, 0.5) is 10.2 Å². The quantitative estimate of drug-likeness (QED) is 0.767. The molecule has 1 saturated heterocycles. The van der Waals surface area contributed by atoms with Gasteiger partial charge in [-0.15, -0.1) is 0 Å². The largest absolute Gasteiger partial charge is 0.452 e. The molecule has 0 radical (unpaired) electrons. The molecule has 138 valence electrons. The van der Waals surface area contributed by atoms with E-state index in [1.54, 1.807) is 18.2 Å². The average Bonchev–Trinajstić information content (AvgIpc) is 2.86. The zero-order chi connectivity index (χ0) is 18.9. The van der Waals surface area contributed by atoms with Crippen LogP contribution in [0.1, 0.15) is 23.5 Å². The van der Waals surface area contributed by atoms with Crippen molar-refractivity contribution in [3.8, 4) is 0 Å². The summed E-state index contributed by atoms with van der Waals surface area (Å²) < 4.78 is 27.1. The number of hydrogen-bond acceptors (Lipinski definition) is 7. The van der Waals surface area contributed by atoms with Crippen LogP contribution in [0.25, 0.3) is 0 Å². The van der Waals surface area contributed by atoms with Crippen LogP contribution in [0.3, 0.4) is 0 Å². The molecule has 1 aliphatic heterocycles. The molecule has 3 rings (SSSR count). The second kappa shape index (κ2) is 6.85. The molecule has 1 fully saturated rings. The Morgan fingerprint density at radius 1 is 1.42 bits per heavy atom. The van der Waals surface area contributed by atoms with Gasteiger partial charge in [-0.1, -0.05) is 18.2 Å². The Labute approximate surface area is 148 Å². The van der Waals surface area contributed by atoms with Crippen LogP contribution in [0.5, 0.6) is 0 Å². The number of anilines is 1. The number of aliphatic hydroxyl groups is 1. The number of rotatable bonds is 4. The SMILES string of the molecule is CC1(F)[C@@H](OC(=O)c2ccccc2)[C@@H](CO)O[C@H]1n1ccc(N)nc1=O. The maximum atomic E-state index is 15.5. The van der Waals surface area contributed by atoms with Crippen molar-refractivity contribution in [1.82, 2.24) is 9.55 Å². The number of nitrogen functional groups attached to an aromatic ring is 1. The molecule has 1 aromatic heterocycles. The Morgan fingerprint density at radius 3 is 2.73 bits per heavy atom. The summed E-state index contributed by atoms with van der Waals surface area (Å²) in [5.74, 6) is -0.777. The lowest BCUT2D eigenvalue weighted by Gasteiger charge is -2.27. The molecule has 3 N–H and O–H groups in total. The maximum absolute atomic E-state index is 15.5. The smallest absolute Gasteiger partial charge is 0.351 e. The van der Waals surface area contributed by atoms with Gasteiger partial charge in [0.2, 0.25) is 0 Å². The summed E-state index contributed by atoms with van der Waals surface area (Å²) in [5.41, 5.74) is 2.56. The van der Waals surface area contributed by atoms with Crippen molar-refractivity contribution in [3.63, 3.8) is 0 Å². The van der Waals surface area contributed by atoms with Gasteiger partial charge in [-0.05, 0) is 25.1 Å². The fourth-order valence-corrected chi connectivity index (χ4v) is 2.90. The highest BCUT2D eigenvalue weighted by Gasteiger charge is 2.58. The number of esters is 1. The number of ether oxygens (including phenoxy) is 2. The van der Waals surface area contributed by atoms with Gasteiger partial charge in [-0.3, -0.25) is 4.57 Å². The number of aromatic nitrogens is 2. The molecule has 9 heteroatoms. The number of aliphatic hydroxyl groups excluding tert-OH is 1. The van der Waals surface area contributed by atoms with Crippen molar-refractivity contribution >= 4 is 11.8 Å². The van der Waals surface area contributed by atoms with E-state index < -0.39 is 42.4 Å². The van der Waals surface area contributed by atoms with Gasteiger partial charge in [0.05, 0.1) is 12.2 Å². The first kappa shape index (κ1) is 18.0. The molecular weight excluding hydrogens is 345 g/mol. The molecule has 2 aromatic rings. The molecule has 0 aliphatic carbocycles. The third kappa shape index (κ3) is 3.18. The number of nitrogens with two attached hydrogens (primary N) is 1. The first-order valence-corrected chi connectivity index (χ1v) is 7.90. The molecule has 0 saturated carbocycles. The van der Waals surface area contributed by atoms with Gasteiger partial charge in [0.25, 0.3) is 0 Å². The summed E-state index contributed by atoms with van der Waals surface area (Å²) in [5, 5.41) is 9.52. The van der Waals surface area contributed by atoms with E-state index in [2.05, 4.69) is 4.98 Å². The number of carbonyl (C=O) groups excluding carboxylic acids is 1. The van der Waals surface area contributed by atoms with Crippen LogP contribution in [0, 0.1) is 0 Å². The Kier molecular flexibility index (Phi) is 4.75. The van der Waals surface area contributed by atoms with E-state index in [1.165, 1.54) is 24.4 Å². The lowest BCUT2D eigenvalue weighted by Crippen LogP contribution is -2.45. The highest BCUT2D eigenvalue weighted by Crippen LogP contribution is 2.42. The molecule has 1 unspecified atom stereocenters. The normalized spacial score (nSPS) is 28.0. The fourth-order valence-electron chi connectivity index (χ4n) is 2.90. The van der Waals surface area contributed by atoms with Crippen LogP contribution in [0.2, 0.25) is 0 Å². The van der Waals surface area contributed by atoms with Gasteiger partial charge in [0.15, 0.2) is 18.0 Å². The molecular formula is C17H18FN3O5. The molecule has 0 amide bonds. The van der Waals surface area contributed by atoms with Crippen molar-refractivity contribution in [1.29, 1.82) is 0 Å². The van der Waals surface area contributed by atoms with Crippen molar-refractivity contribution in [2.24, 2.45) is 0 Å². The minimum Gasteiger partial charge on any atom is -0.452 e. The third-order valence-corrected chi connectivity index (χ3v) is 4.21. The molecule has 2 heterocycles.